The Balaban J connectivity index is 0.000000537. The first-order chi connectivity index (χ1) is 16.7. The number of β-amino-alcohol motifs (C(OH)–C–C–N with tert-alkyl or cyclic N) is 1. The van der Waals surface area contributed by atoms with Crippen molar-refractivity contribution in [1.29, 1.82) is 5.26 Å². The zero-order valence-electron chi connectivity index (χ0n) is 21.2. The van der Waals surface area contributed by atoms with E-state index in [-0.39, 0.29) is 23.3 Å². The molecule has 3 rings (SSSR count). The molecule has 1 unspecified atom stereocenters. The van der Waals surface area contributed by atoms with Crippen LogP contribution in [0.1, 0.15) is 57.6 Å². The Morgan fingerprint density at radius 1 is 1.34 bits per heavy atom. The highest BCUT2D eigenvalue weighted by Crippen LogP contribution is 2.34. The summed E-state index contributed by atoms with van der Waals surface area (Å²) in [6.07, 6.45) is 8.80. The molecule has 2 aliphatic heterocycles. The van der Waals surface area contributed by atoms with Crippen LogP contribution >= 0.6 is 0 Å². The summed E-state index contributed by atoms with van der Waals surface area (Å²) < 4.78 is 5.32. The maximum atomic E-state index is 12.0. The van der Waals surface area contributed by atoms with Crippen molar-refractivity contribution in [2.75, 3.05) is 26.3 Å². The first-order valence-corrected chi connectivity index (χ1v) is 11.7. The second-order valence-electron chi connectivity index (χ2n) is 9.01. The van der Waals surface area contributed by atoms with Crippen molar-refractivity contribution in [2.45, 2.75) is 59.1 Å². The molecule has 6 N–H and O–H groups in total. The zero-order chi connectivity index (χ0) is 26.7. The van der Waals surface area contributed by atoms with Gasteiger partial charge in [0, 0.05) is 50.8 Å². The lowest BCUT2D eigenvalue weighted by atomic mass is 9.79. The largest absolute Gasteiger partial charge is 0.391 e. The number of rotatable bonds is 5. The fourth-order valence-corrected chi connectivity index (χ4v) is 3.36. The predicted molar refractivity (Wildman–Crippen MR) is 136 cm³/mol. The van der Waals surface area contributed by atoms with Gasteiger partial charge in [-0.1, -0.05) is 25.0 Å². The summed E-state index contributed by atoms with van der Waals surface area (Å²) in [5.41, 5.74) is 1.99. The highest BCUT2D eigenvalue weighted by atomic mass is 16.5. The number of hydrazine groups is 1. The van der Waals surface area contributed by atoms with Gasteiger partial charge >= 0.3 is 0 Å². The number of benzene rings is 1. The summed E-state index contributed by atoms with van der Waals surface area (Å²) in [6, 6.07) is 9.51. The molecule has 0 bridgehead atoms. The highest BCUT2D eigenvalue weighted by molar-refractivity contribution is 5.77. The summed E-state index contributed by atoms with van der Waals surface area (Å²) in [7, 11) is 0. The number of aliphatic hydroxyl groups is 1. The standard InChI is InChI=1S/C12H21NO3.C10H9NO.C4H7N.H4N2/c1-12(3-6-16-7-4-12)8-11(15)13-5-2-10(14)9-13;1-2-9-3-5-10(6-4-9)7-11-8-12;1-4(2)3-5;1-2/h10,14H,2-9H2,1H3;1,3-6,8H,7H2,(H,11,12);4H,1-2H3;1-2H2. The van der Waals surface area contributed by atoms with Crippen LogP contribution in [0.3, 0.4) is 0 Å². The minimum atomic E-state index is -0.313. The van der Waals surface area contributed by atoms with E-state index in [0.29, 0.717) is 32.5 Å². The number of nitrogens with zero attached hydrogens (tertiary/aromatic N) is 2. The van der Waals surface area contributed by atoms with Crippen molar-refractivity contribution in [1.82, 2.24) is 10.2 Å². The predicted octanol–water partition coefficient (Wildman–Crippen LogP) is 1.69. The lowest BCUT2D eigenvalue weighted by molar-refractivity contribution is -0.134. The summed E-state index contributed by atoms with van der Waals surface area (Å²) in [4.78, 5) is 23.8. The van der Waals surface area contributed by atoms with E-state index in [1.165, 1.54) is 0 Å². The van der Waals surface area contributed by atoms with Crippen molar-refractivity contribution in [3.05, 3.63) is 35.4 Å². The van der Waals surface area contributed by atoms with E-state index in [1.807, 2.05) is 44.2 Å². The number of nitriles is 1. The number of nitrogens with two attached hydrogens (primary N) is 2. The number of likely N-dealkylation sites (tertiary alicyclic amines) is 1. The number of aliphatic hydroxyl groups excluding tert-OH is 1. The van der Waals surface area contributed by atoms with E-state index in [1.54, 1.807) is 4.90 Å². The molecule has 1 aromatic rings. The third-order valence-electron chi connectivity index (χ3n) is 5.56. The van der Waals surface area contributed by atoms with Crippen LogP contribution in [0.5, 0.6) is 0 Å². The number of hydrogen-bond acceptors (Lipinski definition) is 7. The molecule has 0 aromatic heterocycles. The van der Waals surface area contributed by atoms with Gasteiger partial charge in [0.05, 0.1) is 12.2 Å². The van der Waals surface area contributed by atoms with Crippen LogP contribution in [0.4, 0.5) is 0 Å². The number of terminal acetylenes is 1. The van der Waals surface area contributed by atoms with Crippen molar-refractivity contribution >= 4 is 12.3 Å². The van der Waals surface area contributed by atoms with E-state index in [4.69, 9.17) is 16.4 Å². The van der Waals surface area contributed by atoms with Gasteiger partial charge in [-0.15, -0.1) is 6.42 Å². The fraction of sp³-hybridized carbons (Fsp3) is 0.577. The van der Waals surface area contributed by atoms with Crippen LogP contribution in [0, 0.1) is 35.0 Å². The Morgan fingerprint density at radius 2 is 1.91 bits per heavy atom. The van der Waals surface area contributed by atoms with E-state index < -0.39 is 0 Å². The van der Waals surface area contributed by atoms with Crippen LogP contribution in [0.2, 0.25) is 0 Å². The molecule has 0 aliphatic carbocycles. The molecular weight excluding hydrogens is 446 g/mol. The Labute approximate surface area is 209 Å². The van der Waals surface area contributed by atoms with Gasteiger partial charge in [0.15, 0.2) is 0 Å². The maximum absolute atomic E-state index is 12.0. The van der Waals surface area contributed by atoms with Crippen molar-refractivity contribution in [2.24, 2.45) is 23.0 Å². The van der Waals surface area contributed by atoms with Gasteiger partial charge in [-0.3, -0.25) is 21.3 Å². The summed E-state index contributed by atoms with van der Waals surface area (Å²) in [5, 5.41) is 19.9. The van der Waals surface area contributed by atoms with Gasteiger partial charge in [0.1, 0.15) is 0 Å². The van der Waals surface area contributed by atoms with Crippen LogP contribution in [0.25, 0.3) is 0 Å². The molecule has 35 heavy (non-hydrogen) atoms. The van der Waals surface area contributed by atoms with Crippen molar-refractivity contribution < 1.29 is 19.4 Å². The minimum absolute atomic E-state index is 0.100. The molecule has 1 atom stereocenters. The second-order valence-corrected chi connectivity index (χ2v) is 9.01. The zero-order valence-corrected chi connectivity index (χ0v) is 21.2. The average molecular weight is 488 g/mol. The van der Waals surface area contributed by atoms with Gasteiger partial charge in [-0.2, -0.15) is 5.26 Å². The third kappa shape index (κ3) is 14.1. The quantitative estimate of drug-likeness (QED) is 0.213. The lowest BCUT2D eigenvalue weighted by Crippen LogP contribution is -2.36. The molecule has 0 spiro atoms. The van der Waals surface area contributed by atoms with Gasteiger partial charge in [-0.05, 0) is 56.2 Å². The molecule has 9 nitrogen and oxygen atoms in total. The van der Waals surface area contributed by atoms with Crippen LogP contribution < -0.4 is 17.0 Å². The second kappa shape index (κ2) is 18.4. The number of carbonyl (C=O) groups is 2. The fourth-order valence-electron chi connectivity index (χ4n) is 3.36. The van der Waals surface area contributed by atoms with E-state index in [9.17, 15) is 14.7 Å². The molecule has 2 heterocycles. The smallest absolute Gasteiger partial charge is 0.223 e. The van der Waals surface area contributed by atoms with E-state index in [0.717, 1.165) is 43.6 Å². The molecule has 1 aromatic carbocycles. The Hall–Kier alpha value is -2.95. The molecule has 0 saturated carbocycles. The van der Waals surface area contributed by atoms with Crippen LogP contribution in [-0.2, 0) is 20.9 Å². The monoisotopic (exact) mass is 487 g/mol. The molecule has 2 fully saturated rings. The Kier molecular flexibility index (Phi) is 16.8. The SMILES string of the molecule is C#Cc1ccc(CNC=O)cc1.CC(C)C#N.CC1(CC(=O)N2CCC(O)C2)CCOCC1.NN. The lowest BCUT2D eigenvalue weighted by Gasteiger charge is -2.34. The number of amides is 2. The number of nitrogens with one attached hydrogen (secondary N) is 1. The minimum Gasteiger partial charge on any atom is -0.391 e. The van der Waals surface area contributed by atoms with Gasteiger partial charge < -0.3 is 20.1 Å². The third-order valence-corrected chi connectivity index (χ3v) is 5.56. The highest BCUT2D eigenvalue weighted by Gasteiger charge is 2.33. The van der Waals surface area contributed by atoms with Crippen LogP contribution in [0.15, 0.2) is 24.3 Å². The first-order valence-electron chi connectivity index (χ1n) is 11.7. The first kappa shape index (κ1) is 32.0. The summed E-state index contributed by atoms with van der Waals surface area (Å²) >= 11 is 0. The van der Waals surface area contributed by atoms with E-state index in [2.05, 4.69) is 29.8 Å². The normalized spacial score (nSPS) is 17.6. The number of ether oxygens (including phenoxy) is 1. The van der Waals surface area contributed by atoms with Gasteiger partial charge in [0.2, 0.25) is 12.3 Å². The topological polar surface area (TPSA) is 155 Å². The molecule has 9 heteroatoms. The number of hydrogen-bond donors (Lipinski definition) is 4. The average Bonchev–Trinajstić information content (AvgIpc) is 3.32. The molecule has 2 aliphatic rings. The van der Waals surface area contributed by atoms with Crippen LogP contribution in [-0.4, -0.2) is 54.7 Å². The van der Waals surface area contributed by atoms with Gasteiger partial charge in [0.25, 0.3) is 0 Å². The summed E-state index contributed by atoms with van der Waals surface area (Å²) in [5.74, 6) is 10.9. The molecular formula is C26H41N5O4. The van der Waals surface area contributed by atoms with Crippen molar-refractivity contribution in [3.63, 3.8) is 0 Å². The van der Waals surface area contributed by atoms with Crippen molar-refractivity contribution in [3.8, 4) is 18.4 Å². The van der Waals surface area contributed by atoms with E-state index >= 15 is 0 Å². The maximum Gasteiger partial charge on any atom is 0.223 e. The Bertz CT molecular complexity index is 809. The molecule has 194 valence electrons. The number of carbonyl (C=O) groups excluding carboxylic acids is 2. The van der Waals surface area contributed by atoms with Gasteiger partial charge in [-0.25, -0.2) is 0 Å². The molecule has 0 radical (unpaired) electrons. The molecule has 2 amide bonds. The Morgan fingerprint density at radius 3 is 2.34 bits per heavy atom. The molecule has 2 saturated heterocycles. The summed E-state index contributed by atoms with van der Waals surface area (Å²) in [6.45, 7) is 9.21.